The molecule has 0 aliphatic heterocycles. The van der Waals surface area contributed by atoms with Gasteiger partial charge in [-0.3, -0.25) is 14.0 Å². The Morgan fingerprint density at radius 3 is 2.49 bits per heavy atom. The highest BCUT2D eigenvalue weighted by atomic mass is 32.2. The average molecular weight is 529 g/mol. The Morgan fingerprint density at radius 1 is 1.19 bits per heavy atom. The van der Waals surface area contributed by atoms with Crippen LogP contribution in [-0.4, -0.2) is 40.4 Å². The van der Waals surface area contributed by atoms with E-state index in [2.05, 4.69) is 9.98 Å². The molecule has 0 spiro atoms. The molecule has 1 amide bonds. The van der Waals surface area contributed by atoms with E-state index in [0.717, 1.165) is 10.9 Å². The zero-order chi connectivity index (χ0) is 27.8. The standard InChI is InChI=1S/C19H18FNO2S.C8H15N3O2/c1-4-13-5-8-17(12(2)19(13)20)23-18-9-10-21-16-7-6-14(24(3)22)11-15(16)18;1-8(2,13-3)6(9)4-7(10)11-5-12/h5-11H,4H2,1-3H3;4-5H,9H2,1-3H3,(H2,10,11,12)/b;6-4-. The molecule has 37 heavy (non-hydrogen) atoms. The number of amidine groups is 1. The van der Waals surface area contributed by atoms with E-state index in [9.17, 15) is 13.4 Å². The van der Waals surface area contributed by atoms with Gasteiger partial charge < -0.3 is 20.9 Å². The van der Waals surface area contributed by atoms with Gasteiger partial charge in [0.15, 0.2) is 0 Å². The van der Waals surface area contributed by atoms with Crippen molar-refractivity contribution in [2.24, 2.45) is 16.5 Å². The predicted molar refractivity (Wildman–Crippen MR) is 146 cm³/mol. The van der Waals surface area contributed by atoms with Crippen LogP contribution >= 0.6 is 0 Å². The number of ether oxygens (including phenoxy) is 2. The molecular weight excluding hydrogens is 495 g/mol. The first-order valence-electron chi connectivity index (χ1n) is 11.4. The number of nitrogens with zero attached hydrogens (tertiary/aromatic N) is 2. The number of methoxy groups -OCH3 is 1. The van der Waals surface area contributed by atoms with Crippen molar-refractivity contribution in [3.63, 3.8) is 0 Å². The van der Waals surface area contributed by atoms with Crippen LogP contribution in [0.1, 0.15) is 31.9 Å². The third-order valence-electron chi connectivity index (χ3n) is 5.73. The number of hydrogen-bond donors (Lipinski definition) is 2. The lowest BCUT2D eigenvalue weighted by Crippen LogP contribution is -2.31. The number of fused-ring (bicyclic) bond motifs is 1. The fourth-order valence-electron chi connectivity index (χ4n) is 3.14. The lowest BCUT2D eigenvalue weighted by Gasteiger charge is -2.23. The van der Waals surface area contributed by atoms with Crippen LogP contribution in [0.3, 0.4) is 0 Å². The van der Waals surface area contributed by atoms with Crippen LogP contribution in [0, 0.1) is 12.7 Å². The second-order valence-electron chi connectivity index (χ2n) is 8.53. The minimum absolute atomic E-state index is 0.0672. The first-order chi connectivity index (χ1) is 17.4. The topological polar surface area (TPSA) is 130 Å². The molecule has 0 saturated heterocycles. The fraction of sp³-hybridized carbons (Fsp3) is 0.296. The largest absolute Gasteiger partial charge is 0.456 e. The molecule has 0 aliphatic carbocycles. The van der Waals surface area contributed by atoms with Gasteiger partial charge in [-0.15, -0.1) is 0 Å². The molecule has 0 saturated carbocycles. The maximum absolute atomic E-state index is 14.3. The number of hydrogen-bond acceptors (Lipinski definition) is 6. The van der Waals surface area contributed by atoms with Crippen molar-refractivity contribution in [1.82, 2.24) is 4.98 Å². The Hall–Kier alpha value is -3.63. The summed E-state index contributed by atoms with van der Waals surface area (Å²) >= 11 is 0. The van der Waals surface area contributed by atoms with E-state index in [0.29, 0.717) is 46.0 Å². The summed E-state index contributed by atoms with van der Waals surface area (Å²) in [6.07, 6.45) is 5.67. The molecule has 4 N–H and O–H groups in total. The highest BCUT2D eigenvalue weighted by Gasteiger charge is 2.19. The van der Waals surface area contributed by atoms with Gasteiger partial charge in [-0.25, -0.2) is 4.39 Å². The normalized spacial score (nSPS) is 13.1. The maximum atomic E-state index is 14.3. The predicted octanol–water partition coefficient (Wildman–Crippen LogP) is 4.54. The first kappa shape index (κ1) is 29.6. The molecule has 1 unspecified atom stereocenters. The average Bonchev–Trinajstić information content (AvgIpc) is 2.87. The van der Waals surface area contributed by atoms with E-state index < -0.39 is 16.4 Å². The van der Waals surface area contributed by atoms with Gasteiger partial charge in [0.1, 0.15) is 28.8 Å². The lowest BCUT2D eigenvalue weighted by atomic mass is 10.1. The van der Waals surface area contributed by atoms with Crippen LogP contribution in [-0.2, 0) is 26.8 Å². The van der Waals surface area contributed by atoms with Crippen molar-refractivity contribution in [2.75, 3.05) is 13.4 Å². The van der Waals surface area contributed by atoms with Crippen molar-refractivity contribution in [3.8, 4) is 11.5 Å². The summed E-state index contributed by atoms with van der Waals surface area (Å²) in [7, 11) is 0.440. The number of aryl methyl sites for hydroxylation is 1. The van der Waals surface area contributed by atoms with Gasteiger partial charge in [-0.05, 0) is 63.1 Å². The summed E-state index contributed by atoms with van der Waals surface area (Å²) in [4.78, 5) is 18.3. The molecule has 3 aromatic rings. The lowest BCUT2D eigenvalue weighted by molar-refractivity contribution is -0.106. The number of rotatable bonds is 8. The van der Waals surface area contributed by atoms with E-state index >= 15 is 0 Å². The van der Waals surface area contributed by atoms with Crippen LogP contribution in [0.2, 0.25) is 0 Å². The molecule has 2 aromatic carbocycles. The molecule has 8 nitrogen and oxygen atoms in total. The van der Waals surface area contributed by atoms with Gasteiger partial charge in [0, 0.05) is 58.0 Å². The molecular formula is C27H33FN4O4S. The number of aliphatic imine (C=N–C) groups is 1. The van der Waals surface area contributed by atoms with E-state index in [1.165, 1.54) is 13.2 Å². The molecule has 3 rings (SSSR count). The molecule has 1 aromatic heterocycles. The number of pyridine rings is 1. The summed E-state index contributed by atoms with van der Waals surface area (Å²) in [5.74, 6) is 0.876. The van der Waals surface area contributed by atoms with Crippen LogP contribution in [0.25, 0.3) is 10.9 Å². The van der Waals surface area contributed by atoms with Crippen LogP contribution in [0.15, 0.2) is 64.3 Å². The van der Waals surface area contributed by atoms with Gasteiger partial charge in [0.05, 0.1) is 5.52 Å². The molecule has 1 heterocycles. The summed E-state index contributed by atoms with van der Waals surface area (Å²) in [5.41, 5.74) is 12.7. The van der Waals surface area contributed by atoms with Gasteiger partial charge in [-0.2, -0.15) is 4.99 Å². The molecule has 0 radical (unpaired) electrons. The van der Waals surface area contributed by atoms with Gasteiger partial charge in [-0.1, -0.05) is 13.0 Å². The highest BCUT2D eigenvalue weighted by Crippen LogP contribution is 2.33. The fourth-order valence-corrected chi connectivity index (χ4v) is 3.69. The van der Waals surface area contributed by atoms with Gasteiger partial charge >= 0.3 is 0 Å². The molecule has 1 atom stereocenters. The first-order valence-corrected chi connectivity index (χ1v) is 13.0. The quantitative estimate of drug-likeness (QED) is 0.249. The van der Waals surface area contributed by atoms with Crippen molar-refractivity contribution in [1.29, 1.82) is 0 Å². The second-order valence-corrected chi connectivity index (χ2v) is 9.91. The smallest absolute Gasteiger partial charge is 0.234 e. The van der Waals surface area contributed by atoms with Crippen molar-refractivity contribution < 1.29 is 22.9 Å². The zero-order valence-corrected chi connectivity index (χ0v) is 22.7. The van der Waals surface area contributed by atoms with Gasteiger partial charge in [0.2, 0.25) is 6.41 Å². The zero-order valence-electron chi connectivity index (χ0n) is 21.9. The van der Waals surface area contributed by atoms with E-state index in [4.69, 9.17) is 20.9 Å². The van der Waals surface area contributed by atoms with Crippen LogP contribution < -0.4 is 16.2 Å². The third kappa shape index (κ3) is 7.68. The Balaban J connectivity index is 0.000000317. The number of amides is 1. The summed E-state index contributed by atoms with van der Waals surface area (Å²) in [6.45, 7) is 7.20. The third-order valence-corrected chi connectivity index (χ3v) is 6.65. The number of aromatic nitrogens is 1. The van der Waals surface area contributed by atoms with Crippen LogP contribution in [0.5, 0.6) is 11.5 Å². The number of nitrogens with two attached hydrogens (primary N) is 2. The minimum atomic E-state index is -1.10. The minimum Gasteiger partial charge on any atom is -0.456 e. The highest BCUT2D eigenvalue weighted by molar-refractivity contribution is 7.84. The number of carbonyl (C=O) groups is 1. The Bertz CT molecular complexity index is 1360. The van der Waals surface area contributed by atoms with E-state index in [1.54, 1.807) is 63.6 Å². The monoisotopic (exact) mass is 528 g/mol. The number of halogens is 1. The summed E-state index contributed by atoms with van der Waals surface area (Å²) in [6, 6.07) is 10.7. The van der Waals surface area contributed by atoms with Crippen molar-refractivity contribution >= 4 is 33.9 Å². The van der Waals surface area contributed by atoms with E-state index in [-0.39, 0.29) is 11.7 Å². The molecule has 198 valence electrons. The molecule has 10 heteroatoms. The van der Waals surface area contributed by atoms with Crippen molar-refractivity contribution in [3.05, 3.63) is 71.3 Å². The van der Waals surface area contributed by atoms with E-state index in [1.807, 2.05) is 13.0 Å². The van der Waals surface area contributed by atoms with Crippen LogP contribution in [0.4, 0.5) is 4.39 Å². The Labute approximate surface area is 219 Å². The molecule has 0 bridgehead atoms. The summed E-state index contributed by atoms with van der Waals surface area (Å²) < 4.78 is 37.1. The Morgan fingerprint density at radius 2 is 1.89 bits per heavy atom. The second kappa shape index (κ2) is 13.1. The maximum Gasteiger partial charge on any atom is 0.234 e. The Kier molecular flexibility index (Phi) is 10.5. The molecule has 0 aliphatic rings. The molecule has 0 fully saturated rings. The van der Waals surface area contributed by atoms with Crippen molar-refractivity contribution in [2.45, 2.75) is 44.6 Å². The van der Waals surface area contributed by atoms with Gasteiger partial charge in [0.25, 0.3) is 0 Å². The SMILES string of the molecule is CCc1ccc(Oc2ccnc3ccc(S(C)=O)cc23)c(C)c1F.COC(C)(C)/C(N)=C/C(N)=NC=O. The summed E-state index contributed by atoms with van der Waals surface area (Å²) in [5, 5.41) is 0.754. The number of carbonyl (C=O) groups excluding carboxylic acids is 1. The number of benzene rings is 2.